The number of nitrogens with one attached hydrogen (secondary N) is 1. The lowest BCUT2D eigenvalue weighted by Crippen LogP contribution is -2.60. The fraction of sp³-hybridized carbons (Fsp3) is 0.600. The lowest BCUT2D eigenvalue weighted by Gasteiger charge is -2.50. The molecule has 1 aromatic carbocycles. The normalized spacial score (nSPS) is 26.6. The average molecular weight is 265 g/mol. The highest BCUT2D eigenvalue weighted by Gasteiger charge is 2.47. The quantitative estimate of drug-likeness (QED) is 0.781. The second kappa shape index (κ2) is 5.02. The van der Waals surface area contributed by atoms with Gasteiger partial charge in [-0.25, -0.2) is 0 Å². The van der Waals surface area contributed by atoms with Crippen molar-refractivity contribution < 1.29 is 14.9 Å². The molecule has 3 N–H and O–H groups in total. The molecule has 1 aromatic rings. The fourth-order valence-corrected chi connectivity index (χ4v) is 2.59. The van der Waals surface area contributed by atoms with E-state index in [2.05, 4.69) is 19.2 Å². The first-order chi connectivity index (χ1) is 8.86. The van der Waals surface area contributed by atoms with Crippen molar-refractivity contribution in [1.29, 1.82) is 0 Å². The van der Waals surface area contributed by atoms with E-state index in [0.717, 1.165) is 12.0 Å². The molecule has 1 fully saturated rings. The Labute approximate surface area is 114 Å². The molecule has 0 bridgehead atoms. The molecular weight excluding hydrogens is 242 g/mol. The van der Waals surface area contributed by atoms with Gasteiger partial charge in [-0.05, 0) is 19.4 Å². The minimum Gasteiger partial charge on any atom is -0.507 e. The van der Waals surface area contributed by atoms with Crippen LogP contribution in [0.25, 0.3) is 0 Å². The zero-order valence-electron chi connectivity index (χ0n) is 12.0. The van der Waals surface area contributed by atoms with Crippen molar-refractivity contribution in [3.05, 3.63) is 23.8 Å². The summed E-state index contributed by atoms with van der Waals surface area (Å²) < 4.78 is 5.08. The van der Waals surface area contributed by atoms with E-state index in [9.17, 15) is 10.2 Å². The summed E-state index contributed by atoms with van der Waals surface area (Å²) in [5.41, 5.74) is 0.731. The van der Waals surface area contributed by atoms with Crippen LogP contribution in [0.4, 0.5) is 0 Å². The summed E-state index contributed by atoms with van der Waals surface area (Å²) in [5.74, 6) is 0.880. The number of aromatic hydroxyl groups is 1. The number of aliphatic hydroxyl groups is 1. The monoisotopic (exact) mass is 265 g/mol. The summed E-state index contributed by atoms with van der Waals surface area (Å²) >= 11 is 0. The Kier molecular flexibility index (Phi) is 3.74. The maximum atomic E-state index is 10.0. The van der Waals surface area contributed by atoms with Gasteiger partial charge in [0.05, 0.1) is 13.2 Å². The molecule has 4 heteroatoms. The van der Waals surface area contributed by atoms with Gasteiger partial charge in [0.1, 0.15) is 11.5 Å². The SMILES string of the molecule is COc1ccc(C(C)NC2CC(O)C2(C)C)c(O)c1. The highest BCUT2D eigenvalue weighted by Crippen LogP contribution is 2.42. The van der Waals surface area contributed by atoms with E-state index >= 15 is 0 Å². The zero-order chi connectivity index (χ0) is 14.2. The molecule has 1 aliphatic rings. The highest BCUT2D eigenvalue weighted by atomic mass is 16.5. The second-order valence-electron chi connectivity index (χ2n) is 5.94. The van der Waals surface area contributed by atoms with Gasteiger partial charge >= 0.3 is 0 Å². The number of ether oxygens (including phenoxy) is 1. The molecule has 3 unspecified atom stereocenters. The van der Waals surface area contributed by atoms with Crippen LogP contribution in [0.2, 0.25) is 0 Å². The zero-order valence-corrected chi connectivity index (χ0v) is 12.0. The standard InChI is InChI=1S/C15H23NO3/c1-9(16-13-8-14(18)15(13,2)3)11-6-5-10(19-4)7-12(11)17/h5-7,9,13-14,16-18H,8H2,1-4H3. The van der Waals surface area contributed by atoms with E-state index in [4.69, 9.17) is 4.74 Å². The van der Waals surface area contributed by atoms with Crippen LogP contribution in [0.1, 0.15) is 38.8 Å². The number of phenolic OH excluding ortho intramolecular Hbond substituents is 1. The van der Waals surface area contributed by atoms with Crippen LogP contribution in [0.5, 0.6) is 11.5 Å². The third-order valence-corrected chi connectivity index (χ3v) is 4.37. The topological polar surface area (TPSA) is 61.7 Å². The average Bonchev–Trinajstić information content (AvgIpc) is 2.37. The molecule has 1 saturated carbocycles. The van der Waals surface area contributed by atoms with Crippen molar-refractivity contribution in [1.82, 2.24) is 5.32 Å². The van der Waals surface area contributed by atoms with Gasteiger partial charge in [-0.2, -0.15) is 0 Å². The molecule has 0 radical (unpaired) electrons. The van der Waals surface area contributed by atoms with Gasteiger partial charge in [-0.1, -0.05) is 19.9 Å². The molecule has 0 saturated heterocycles. The molecule has 1 aliphatic carbocycles. The van der Waals surface area contributed by atoms with E-state index < -0.39 is 0 Å². The van der Waals surface area contributed by atoms with Crippen molar-refractivity contribution >= 4 is 0 Å². The first-order valence-electron chi connectivity index (χ1n) is 6.67. The number of hydrogen-bond acceptors (Lipinski definition) is 4. The fourth-order valence-electron chi connectivity index (χ4n) is 2.59. The van der Waals surface area contributed by atoms with E-state index in [1.54, 1.807) is 13.2 Å². The Morgan fingerprint density at radius 2 is 2.11 bits per heavy atom. The van der Waals surface area contributed by atoms with E-state index in [1.165, 1.54) is 0 Å². The third-order valence-electron chi connectivity index (χ3n) is 4.37. The third kappa shape index (κ3) is 2.55. The van der Waals surface area contributed by atoms with Crippen LogP contribution in [0.3, 0.4) is 0 Å². The van der Waals surface area contributed by atoms with Gasteiger partial charge in [0.2, 0.25) is 0 Å². The summed E-state index contributed by atoms with van der Waals surface area (Å²) in [7, 11) is 1.58. The lowest BCUT2D eigenvalue weighted by molar-refractivity contribution is -0.0755. The number of aliphatic hydroxyl groups excluding tert-OH is 1. The van der Waals surface area contributed by atoms with Gasteiger partial charge in [0, 0.05) is 29.1 Å². The van der Waals surface area contributed by atoms with Gasteiger partial charge in [0.15, 0.2) is 0 Å². The minimum absolute atomic E-state index is 0.0303. The Morgan fingerprint density at radius 3 is 2.58 bits per heavy atom. The summed E-state index contributed by atoms with van der Waals surface area (Å²) in [6.45, 7) is 6.13. The first-order valence-corrected chi connectivity index (χ1v) is 6.67. The number of phenols is 1. The van der Waals surface area contributed by atoms with Crippen LogP contribution < -0.4 is 10.1 Å². The molecule has 0 aliphatic heterocycles. The van der Waals surface area contributed by atoms with Gasteiger partial charge in [-0.15, -0.1) is 0 Å². The van der Waals surface area contributed by atoms with E-state index in [-0.39, 0.29) is 29.4 Å². The Morgan fingerprint density at radius 1 is 1.42 bits per heavy atom. The molecule has 2 rings (SSSR count). The molecule has 0 heterocycles. The molecule has 0 spiro atoms. The lowest BCUT2D eigenvalue weighted by atomic mass is 9.64. The first kappa shape index (κ1) is 14.2. The molecular formula is C15H23NO3. The summed E-state index contributed by atoms with van der Waals surface area (Å²) in [6.07, 6.45) is 0.510. The van der Waals surface area contributed by atoms with Crippen LogP contribution >= 0.6 is 0 Å². The maximum absolute atomic E-state index is 10.0. The molecule has 19 heavy (non-hydrogen) atoms. The molecule has 0 amide bonds. The highest BCUT2D eigenvalue weighted by molar-refractivity contribution is 5.41. The van der Waals surface area contributed by atoms with Crippen LogP contribution in [0.15, 0.2) is 18.2 Å². The summed E-state index contributed by atoms with van der Waals surface area (Å²) in [4.78, 5) is 0. The molecule has 0 aromatic heterocycles. The Balaban J connectivity index is 2.07. The summed E-state index contributed by atoms with van der Waals surface area (Å²) in [6, 6.07) is 5.62. The van der Waals surface area contributed by atoms with Gasteiger partial charge in [0.25, 0.3) is 0 Å². The number of rotatable bonds is 4. The molecule has 106 valence electrons. The van der Waals surface area contributed by atoms with Crippen LogP contribution in [0, 0.1) is 5.41 Å². The van der Waals surface area contributed by atoms with Gasteiger partial charge in [-0.3, -0.25) is 0 Å². The molecule has 4 nitrogen and oxygen atoms in total. The van der Waals surface area contributed by atoms with E-state index in [1.807, 2.05) is 19.1 Å². The predicted molar refractivity (Wildman–Crippen MR) is 74.4 cm³/mol. The largest absolute Gasteiger partial charge is 0.507 e. The summed E-state index contributed by atoms with van der Waals surface area (Å²) in [5, 5.41) is 23.2. The van der Waals surface area contributed by atoms with Crippen molar-refractivity contribution in [3.63, 3.8) is 0 Å². The molecule has 3 atom stereocenters. The Bertz CT molecular complexity index is 459. The van der Waals surface area contributed by atoms with Crippen LogP contribution in [-0.4, -0.2) is 29.5 Å². The predicted octanol–water partition coefficient (Wildman–Crippen LogP) is 2.21. The van der Waals surface area contributed by atoms with Crippen LogP contribution in [-0.2, 0) is 0 Å². The van der Waals surface area contributed by atoms with Gasteiger partial charge < -0.3 is 20.3 Å². The van der Waals surface area contributed by atoms with Crippen molar-refractivity contribution in [2.24, 2.45) is 5.41 Å². The van der Waals surface area contributed by atoms with Crippen molar-refractivity contribution in [2.75, 3.05) is 7.11 Å². The smallest absolute Gasteiger partial charge is 0.124 e. The van der Waals surface area contributed by atoms with E-state index in [0.29, 0.717) is 5.75 Å². The number of hydrogen-bond donors (Lipinski definition) is 3. The number of benzene rings is 1. The number of methoxy groups -OCH3 is 1. The minimum atomic E-state index is -0.248. The second-order valence-corrected chi connectivity index (χ2v) is 5.94. The maximum Gasteiger partial charge on any atom is 0.124 e. The van der Waals surface area contributed by atoms with Crippen molar-refractivity contribution in [2.45, 2.75) is 45.4 Å². The van der Waals surface area contributed by atoms with Crippen molar-refractivity contribution in [3.8, 4) is 11.5 Å². The Hall–Kier alpha value is -1.26.